The Morgan fingerprint density at radius 1 is 1.17 bits per heavy atom. The van der Waals surface area contributed by atoms with E-state index in [-0.39, 0.29) is 18.2 Å². The lowest BCUT2D eigenvalue weighted by molar-refractivity contribution is 0.109. The molecule has 4 rings (SSSR count). The number of aromatic nitrogens is 4. The summed E-state index contributed by atoms with van der Waals surface area (Å²) in [5.41, 5.74) is 2.12. The molecule has 2 heterocycles. The second kappa shape index (κ2) is 8.83. The minimum atomic E-state index is -0.355. The van der Waals surface area contributed by atoms with Crippen LogP contribution < -0.4 is 10.6 Å². The molecule has 0 bridgehead atoms. The first-order valence-corrected chi connectivity index (χ1v) is 9.75. The van der Waals surface area contributed by atoms with E-state index in [1.807, 2.05) is 55.5 Å². The highest BCUT2D eigenvalue weighted by Crippen LogP contribution is 2.28. The summed E-state index contributed by atoms with van der Waals surface area (Å²) in [6.45, 7) is 2.99. The third kappa shape index (κ3) is 4.60. The van der Waals surface area contributed by atoms with Gasteiger partial charge in [-0.1, -0.05) is 48.5 Å². The molecule has 2 amide bonds. The van der Waals surface area contributed by atoms with Crippen LogP contribution in [0, 0.1) is 0 Å². The molecule has 3 aromatic rings. The van der Waals surface area contributed by atoms with Gasteiger partial charge in [0.05, 0.1) is 24.4 Å². The van der Waals surface area contributed by atoms with E-state index in [1.165, 1.54) is 5.56 Å². The van der Waals surface area contributed by atoms with Gasteiger partial charge in [0, 0.05) is 12.5 Å². The number of carbonyl (C=O) groups excluding carboxylic acids is 1. The quantitative estimate of drug-likeness (QED) is 0.672. The molecular weight excluding hydrogens is 368 g/mol. The molecule has 0 spiro atoms. The van der Waals surface area contributed by atoms with Gasteiger partial charge in [-0.2, -0.15) is 4.68 Å². The summed E-state index contributed by atoms with van der Waals surface area (Å²) in [7, 11) is 0. The summed E-state index contributed by atoms with van der Waals surface area (Å²) in [5, 5.41) is 17.6. The standard InChI is InChI=1S/C21H24N6O2/c1-15(20-24-25-26-27(20)18-10-6-3-7-11-18)23-21(28)22-13-19-12-17(14-29-19)16-8-4-2-5-9-16/h2-11,15,17,19H,12-14H2,1H3,(H2,22,23,28)/t15?,17-,19-/m0/s1. The van der Waals surface area contributed by atoms with Crippen LogP contribution in [0.1, 0.15) is 36.7 Å². The summed E-state index contributed by atoms with van der Waals surface area (Å²) in [6, 6.07) is 19.3. The summed E-state index contributed by atoms with van der Waals surface area (Å²) in [6.07, 6.45) is 0.905. The number of hydrogen-bond donors (Lipinski definition) is 2. The molecule has 1 unspecified atom stereocenters. The number of ether oxygens (including phenoxy) is 1. The molecule has 3 atom stereocenters. The fourth-order valence-corrected chi connectivity index (χ4v) is 3.54. The number of tetrazole rings is 1. The van der Waals surface area contributed by atoms with E-state index in [2.05, 4.69) is 38.3 Å². The van der Waals surface area contributed by atoms with Crippen molar-refractivity contribution in [2.24, 2.45) is 0 Å². The lowest BCUT2D eigenvalue weighted by Gasteiger charge is -2.16. The summed E-state index contributed by atoms with van der Waals surface area (Å²) in [4.78, 5) is 12.3. The van der Waals surface area contributed by atoms with Crippen molar-refractivity contribution < 1.29 is 9.53 Å². The Balaban J connectivity index is 1.28. The Bertz CT molecular complexity index is 931. The Kier molecular flexibility index (Phi) is 5.81. The topological polar surface area (TPSA) is 94.0 Å². The van der Waals surface area contributed by atoms with E-state index in [4.69, 9.17) is 4.74 Å². The number of hydrogen-bond acceptors (Lipinski definition) is 5. The molecule has 1 aliphatic heterocycles. The molecule has 2 aromatic carbocycles. The van der Waals surface area contributed by atoms with E-state index in [0.29, 0.717) is 24.9 Å². The van der Waals surface area contributed by atoms with Crippen molar-refractivity contribution in [2.45, 2.75) is 31.4 Å². The summed E-state index contributed by atoms with van der Waals surface area (Å²) in [5.74, 6) is 0.938. The van der Waals surface area contributed by atoms with E-state index in [9.17, 15) is 4.79 Å². The smallest absolute Gasteiger partial charge is 0.315 e. The van der Waals surface area contributed by atoms with Gasteiger partial charge in [-0.25, -0.2) is 4.79 Å². The van der Waals surface area contributed by atoms with E-state index < -0.39 is 0 Å². The van der Waals surface area contributed by atoms with E-state index in [0.717, 1.165) is 12.1 Å². The van der Waals surface area contributed by atoms with Crippen LogP contribution in [-0.2, 0) is 4.74 Å². The SMILES string of the molecule is CC(NC(=O)NC[C@@H]1C[C@H](c2ccccc2)CO1)c1nnnn1-c1ccccc1. The molecule has 8 nitrogen and oxygen atoms in total. The first kappa shape index (κ1) is 19.1. The summed E-state index contributed by atoms with van der Waals surface area (Å²) >= 11 is 0. The third-order valence-corrected chi connectivity index (χ3v) is 5.07. The van der Waals surface area contributed by atoms with Crippen LogP contribution in [0.25, 0.3) is 5.69 Å². The van der Waals surface area contributed by atoms with Crippen molar-refractivity contribution >= 4 is 6.03 Å². The van der Waals surface area contributed by atoms with Gasteiger partial charge in [-0.15, -0.1) is 5.10 Å². The van der Waals surface area contributed by atoms with Crippen LogP contribution in [0.5, 0.6) is 0 Å². The Morgan fingerprint density at radius 2 is 1.90 bits per heavy atom. The fraction of sp³-hybridized carbons (Fsp3) is 0.333. The van der Waals surface area contributed by atoms with Gasteiger partial charge in [0.2, 0.25) is 0 Å². The minimum Gasteiger partial charge on any atom is -0.376 e. The first-order chi connectivity index (χ1) is 14.2. The van der Waals surface area contributed by atoms with Crippen LogP contribution in [0.15, 0.2) is 60.7 Å². The lowest BCUT2D eigenvalue weighted by atomic mass is 9.96. The van der Waals surface area contributed by atoms with Crippen molar-refractivity contribution in [1.82, 2.24) is 30.8 Å². The zero-order valence-corrected chi connectivity index (χ0v) is 16.2. The van der Waals surface area contributed by atoms with Gasteiger partial charge in [0.15, 0.2) is 5.82 Å². The van der Waals surface area contributed by atoms with Crippen LogP contribution in [0.3, 0.4) is 0 Å². The summed E-state index contributed by atoms with van der Waals surface area (Å²) < 4.78 is 7.47. The van der Waals surface area contributed by atoms with Gasteiger partial charge in [0.25, 0.3) is 0 Å². The fourth-order valence-electron chi connectivity index (χ4n) is 3.54. The molecule has 0 radical (unpaired) electrons. The number of urea groups is 1. The predicted octanol–water partition coefficient (Wildman–Crippen LogP) is 2.60. The Morgan fingerprint density at radius 3 is 2.66 bits per heavy atom. The minimum absolute atomic E-state index is 0.0101. The molecule has 8 heteroatoms. The number of nitrogens with zero attached hydrogens (tertiary/aromatic N) is 4. The average molecular weight is 392 g/mol. The molecule has 2 N–H and O–H groups in total. The zero-order chi connectivity index (χ0) is 20.1. The second-order valence-corrected chi connectivity index (χ2v) is 7.16. The average Bonchev–Trinajstić information content (AvgIpc) is 3.43. The molecule has 0 aliphatic carbocycles. The highest BCUT2D eigenvalue weighted by atomic mass is 16.5. The largest absolute Gasteiger partial charge is 0.376 e. The maximum absolute atomic E-state index is 12.3. The molecule has 1 aliphatic rings. The highest BCUT2D eigenvalue weighted by molar-refractivity contribution is 5.74. The first-order valence-electron chi connectivity index (χ1n) is 9.75. The van der Waals surface area contributed by atoms with Crippen molar-refractivity contribution in [2.75, 3.05) is 13.2 Å². The van der Waals surface area contributed by atoms with E-state index >= 15 is 0 Å². The van der Waals surface area contributed by atoms with Crippen molar-refractivity contribution in [3.8, 4) is 5.69 Å². The van der Waals surface area contributed by atoms with Gasteiger partial charge in [-0.05, 0) is 41.5 Å². The van der Waals surface area contributed by atoms with Gasteiger partial charge in [-0.3, -0.25) is 0 Å². The molecule has 0 saturated carbocycles. The molecule has 1 saturated heterocycles. The number of carbonyl (C=O) groups is 1. The maximum atomic E-state index is 12.3. The molecular formula is C21H24N6O2. The predicted molar refractivity (Wildman–Crippen MR) is 108 cm³/mol. The molecule has 1 fully saturated rings. The molecule has 29 heavy (non-hydrogen) atoms. The van der Waals surface area contributed by atoms with Crippen LogP contribution >= 0.6 is 0 Å². The highest BCUT2D eigenvalue weighted by Gasteiger charge is 2.27. The maximum Gasteiger partial charge on any atom is 0.315 e. The van der Waals surface area contributed by atoms with Crippen molar-refractivity contribution in [3.63, 3.8) is 0 Å². The zero-order valence-electron chi connectivity index (χ0n) is 16.2. The molecule has 150 valence electrons. The van der Waals surface area contributed by atoms with Gasteiger partial charge >= 0.3 is 6.03 Å². The van der Waals surface area contributed by atoms with E-state index in [1.54, 1.807) is 4.68 Å². The van der Waals surface area contributed by atoms with Crippen LogP contribution in [-0.4, -0.2) is 45.5 Å². The number of para-hydroxylation sites is 1. The molecule has 1 aromatic heterocycles. The number of rotatable bonds is 6. The number of amides is 2. The van der Waals surface area contributed by atoms with Crippen molar-refractivity contribution in [3.05, 3.63) is 72.1 Å². The van der Waals surface area contributed by atoms with Gasteiger partial charge in [0.1, 0.15) is 0 Å². The second-order valence-electron chi connectivity index (χ2n) is 7.16. The number of nitrogens with one attached hydrogen (secondary N) is 2. The number of benzene rings is 2. The Hall–Kier alpha value is -3.26. The van der Waals surface area contributed by atoms with Crippen molar-refractivity contribution in [1.29, 1.82) is 0 Å². The normalized spacial score (nSPS) is 19.6. The van der Waals surface area contributed by atoms with Crippen LogP contribution in [0.2, 0.25) is 0 Å². The lowest BCUT2D eigenvalue weighted by Crippen LogP contribution is -2.41. The Labute approximate surface area is 169 Å². The third-order valence-electron chi connectivity index (χ3n) is 5.07. The van der Waals surface area contributed by atoms with Gasteiger partial charge < -0.3 is 15.4 Å². The monoisotopic (exact) mass is 392 g/mol. The van der Waals surface area contributed by atoms with Crippen LogP contribution in [0.4, 0.5) is 4.79 Å².